The Labute approximate surface area is 169 Å². The minimum atomic E-state index is -3.14. The van der Waals surface area contributed by atoms with Gasteiger partial charge in [0.1, 0.15) is 0 Å². The minimum Gasteiger partial charge on any atom is -0.357 e. The summed E-state index contributed by atoms with van der Waals surface area (Å²) in [4.78, 5) is 7.42. The molecule has 0 amide bonds. The van der Waals surface area contributed by atoms with Gasteiger partial charge in [-0.05, 0) is 42.9 Å². The summed E-state index contributed by atoms with van der Waals surface area (Å²) in [6, 6.07) is 6.97. The summed E-state index contributed by atoms with van der Waals surface area (Å²) in [7, 11) is -3.14. The highest BCUT2D eigenvalue weighted by Crippen LogP contribution is 2.32. The average Bonchev–Trinajstić information content (AvgIpc) is 2.94. The number of guanidine groups is 1. The second-order valence-corrected chi connectivity index (χ2v) is 8.94. The molecule has 1 aliphatic heterocycles. The topological polar surface area (TPSA) is 61.8 Å². The number of rotatable bonds is 5. The number of sulfone groups is 1. The van der Waals surface area contributed by atoms with Crippen LogP contribution in [-0.4, -0.2) is 45.2 Å². The second kappa shape index (κ2) is 9.21. The number of hydrogen-bond donors (Lipinski definition) is 1. The molecule has 7 heteroatoms. The Hall–Kier alpha value is -0.830. The van der Waals surface area contributed by atoms with Crippen molar-refractivity contribution in [3.8, 4) is 0 Å². The molecule has 25 heavy (non-hydrogen) atoms. The van der Waals surface area contributed by atoms with Gasteiger partial charge in [0.15, 0.2) is 15.8 Å². The molecule has 142 valence electrons. The maximum atomic E-state index is 11.5. The number of nitrogens with zero attached hydrogens (tertiary/aromatic N) is 2. The van der Waals surface area contributed by atoms with E-state index in [2.05, 4.69) is 31.0 Å². The van der Waals surface area contributed by atoms with Gasteiger partial charge in [-0.1, -0.05) is 26.0 Å². The van der Waals surface area contributed by atoms with E-state index in [9.17, 15) is 8.42 Å². The van der Waals surface area contributed by atoms with Crippen LogP contribution in [0.5, 0.6) is 0 Å². The lowest BCUT2D eigenvalue weighted by Gasteiger charge is -2.25. The SMILES string of the molecule is CCNC(=NCc1ccc(S(C)(=O)=O)cc1)N1CCC(C)(CC)C1.I. The Balaban J connectivity index is 0.00000312. The van der Waals surface area contributed by atoms with Crippen molar-refractivity contribution < 1.29 is 8.42 Å². The van der Waals surface area contributed by atoms with Gasteiger partial charge in [-0.3, -0.25) is 0 Å². The molecule has 1 aromatic rings. The third-order valence-electron chi connectivity index (χ3n) is 4.81. The van der Waals surface area contributed by atoms with Crippen LogP contribution in [-0.2, 0) is 16.4 Å². The average molecular weight is 479 g/mol. The van der Waals surface area contributed by atoms with Gasteiger partial charge in [-0.25, -0.2) is 13.4 Å². The predicted molar refractivity (Wildman–Crippen MR) is 114 cm³/mol. The lowest BCUT2D eigenvalue weighted by molar-refractivity contribution is 0.322. The van der Waals surface area contributed by atoms with Crippen molar-refractivity contribution in [1.29, 1.82) is 0 Å². The fourth-order valence-electron chi connectivity index (χ4n) is 2.93. The number of likely N-dealkylation sites (tertiary alicyclic amines) is 1. The molecule has 0 aromatic heterocycles. The summed E-state index contributed by atoms with van der Waals surface area (Å²) in [5, 5.41) is 3.37. The van der Waals surface area contributed by atoms with Crippen LogP contribution >= 0.6 is 24.0 Å². The molecule has 1 fully saturated rings. The van der Waals surface area contributed by atoms with E-state index in [-0.39, 0.29) is 24.0 Å². The van der Waals surface area contributed by atoms with Crippen LogP contribution in [0.15, 0.2) is 34.2 Å². The molecular weight excluding hydrogens is 449 g/mol. The van der Waals surface area contributed by atoms with Crippen molar-refractivity contribution in [2.24, 2.45) is 10.4 Å². The Morgan fingerprint density at radius 2 is 1.92 bits per heavy atom. The van der Waals surface area contributed by atoms with E-state index in [1.54, 1.807) is 12.1 Å². The van der Waals surface area contributed by atoms with Gasteiger partial charge in [0.25, 0.3) is 0 Å². The van der Waals surface area contributed by atoms with Crippen LogP contribution in [0.4, 0.5) is 0 Å². The third-order valence-corrected chi connectivity index (χ3v) is 5.94. The largest absolute Gasteiger partial charge is 0.357 e. The molecule has 0 spiro atoms. The first-order valence-electron chi connectivity index (χ1n) is 8.59. The van der Waals surface area contributed by atoms with Crippen molar-refractivity contribution in [3.63, 3.8) is 0 Å². The number of aliphatic imine (C=N–C) groups is 1. The molecule has 1 aromatic carbocycles. The van der Waals surface area contributed by atoms with Crippen LogP contribution < -0.4 is 5.32 Å². The summed E-state index contributed by atoms with van der Waals surface area (Å²) in [6.45, 7) is 10.1. The molecule has 1 N–H and O–H groups in total. The fraction of sp³-hybridized carbons (Fsp3) is 0.611. The van der Waals surface area contributed by atoms with E-state index in [1.807, 2.05) is 12.1 Å². The van der Waals surface area contributed by atoms with E-state index in [0.29, 0.717) is 16.9 Å². The summed E-state index contributed by atoms with van der Waals surface area (Å²) < 4.78 is 23.0. The Morgan fingerprint density at radius 1 is 1.28 bits per heavy atom. The highest BCUT2D eigenvalue weighted by atomic mass is 127. The monoisotopic (exact) mass is 479 g/mol. The molecule has 1 heterocycles. The molecule has 0 saturated carbocycles. The number of nitrogens with one attached hydrogen (secondary N) is 1. The minimum absolute atomic E-state index is 0. The van der Waals surface area contributed by atoms with E-state index in [0.717, 1.165) is 31.2 Å². The summed E-state index contributed by atoms with van der Waals surface area (Å²) in [5.41, 5.74) is 1.38. The van der Waals surface area contributed by atoms with Gasteiger partial charge in [0.05, 0.1) is 11.4 Å². The van der Waals surface area contributed by atoms with Crippen LogP contribution in [0, 0.1) is 5.41 Å². The molecule has 5 nitrogen and oxygen atoms in total. The maximum absolute atomic E-state index is 11.5. The molecule has 0 bridgehead atoms. The predicted octanol–water partition coefficient (Wildman–Crippen LogP) is 3.30. The first-order valence-corrected chi connectivity index (χ1v) is 10.5. The number of hydrogen-bond acceptors (Lipinski definition) is 3. The van der Waals surface area contributed by atoms with E-state index in [4.69, 9.17) is 4.99 Å². The van der Waals surface area contributed by atoms with Gasteiger partial charge in [-0.15, -0.1) is 24.0 Å². The molecule has 1 atom stereocenters. The highest BCUT2D eigenvalue weighted by Gasteiger charge is 2.33. The zero-order valence-electron chi connectivity index (χ0n) is 15.6. The van der Waals surface area contributed by atoms with E-state index < -0.39 is 9.84 Å². The van der Waals surface area contributed by atoms with Crippen molar-refractivity contribution in [1.82, 2.24) is 10.2 Å². The molecule has 1 aliphatic rings. The van der Waals surface area contributed by atoms with Crippen molar-refractivity contribution in [2.45, 2.75) is 45.1 Å². The standard InChI is InChI=1S/C18H29N3O2S.HI/c1-5-18(3)11-12-21(14-18)17(19-6-2)20-13-15-7-9-16(10-8-15)24(4,22)23;/h7-10H,5-6,11-14H2,1-4H3,(H,19,20);1H. The lowest BCUT2D eigenvalue weighted by Crippen LogP contribution is -2.41. The third kappa shape index (κ3) is 6.13. The van der Waals surface area contributed by atoms with Crippen LogP contribution in [0.2, 0.25) is 0 Å². The number of benzene rings is 1. The Kier molecular flexibility index (Phi) is 8.18. The van der Waals surface area contributed by atoms with E-state index in [1.165, 1.54) is 19.1 Å². The zero-order valence-corrected chi connectivity index (χ0v) is 18.7. The van der Waals surface area contributed by atoms with Gasteiger partial charge < -0.3 is 10.2 Å². The van der Waals surface area contributed by atoms with Crippen LogP contribution in [0.1, 0.15) is 39.2 Å². The van der Waals surface area contributed by atoms with Crippen LogP contribution in [0.25, 0.3) is 0 Å². The van der Waals surface area contributed by atoms with Gasteiger partial charge in [0, 0.05) is 25.9 Å². The van der Waals surface area contributed by atoms with Crippen LogP contribution in [0.3, 0.4) is 0 Å². The molecule has 1 saturated heterocycles. The normalized spacial score (nSPS) is 21.1. The summed E-state index contributed by atoms with van der Waals surface area (Å²) in [5.74, 6) is 0.946. The smallest absolute Gasteiger partial charge is 0.194 e. The number of halogens is 1. The molecule has 2 rings (SSSR count). The fourth-order valence-corrected chi connectivity index (χ4v) is 3.56. The quantitative estimate of drug-likeness (QED) is 0.400. The maximum Gasteiger partial charge on any atom is 0.194 e. The molecular formula is C18H30IN3O2S. The Morgan fingerprint density at radius 3 is 2.40 bits per heavy atom. The van der Waals surface area contributed by atoms with Gasteiger partial charge >= 0.3 is 0 Å². The molecule has 1 unspecified atom stereocenters. The lowest BCUT2D eigenvalue weighted by atomic mass is 9.87. The highest BCUT2D eigenvalue weighted by molar-refractivity contribution is 14.0. The second-order valence-electron chi connectivity index (χ2n) is 6.92. The summed E-state index contributed by atoms with van der Waals surface area (Å²) in [6.07, 6.45) is 3.59. The first kappa shape index (κ1) is 22.2. The van der Waals surface area contributed by atoms with Gasteiger partial charge in [-0.2, -0.15) is 0 Å². The first-order chi connectivity index (χ1) is 11.3. The van der Waals surface area contributed by atoms with E-state index >= 15 is 0 Å². The van der Waals surface area contributed by atoms with Gasteiger partial charge in [0.2, 0.25) is 0 Å². The van der Waals surface area contributed by atoms with Crippen molar-refractivity contribution in [2.75, 3.05) is 25.9 Å². The van der Waals surface area contributed by atoms with Crippen molar-refractivity contribution >= 4 is 39.8 Å². The van der Waals surface area contributed by atoms with Crippen molar-refractivity contribution in [3.05, 3.63) is 29.8 Å². The zero-order chi connectivity index (χ0) is 17.8. The Bertz CT molecular complexity index is 689. The summed E-state index contributed by atoms with van der Waals surface area (Å²) >= 11 is 0. The molecule has 0 aliphatic carbocycles. The molecule has 0 radical (unpaired) electrons.